The van der Waals surface area contributed by atoms with Crippen molar-refractivity contribution in [2.24, 2.45) is 0 Å². The van der Waals surface area contributed by atoms with Crippen LogP contribution in [0, 0.1) is 0 Å². The van der Waals surface area contributed by atoms with Crippen molar-refractivity contribution in [3.05, 3.63) is 46.8 Å². The molecule has 0 aliphatic heterocycles. The van der Waals surface area contributed by atoms with E-state index in [-0.39, 0.29) is 0 Å². The van der Waals surface area contributed by atoms with Crippen molar-refractivity contribution in [2.45, 2.75) is 38.9 Å². The Morgan fingerprint density at radius 3 is 3.00 bits per heavy atom. The Morgan fingerprint density at radius 2 is 2.10 bits per heavy atom. The molecule has 0 N–H and O–H groups in total. The predicted octanol–water partition coefficient (Wildman–Crippen LogP) is 3.28. The maximum atomic E-state index is 5.83. The summed E-state index contributed by atoms with van der Waals surface area (Å²) in [6, 6.07) is 7.94. The Kier molecular flexibility index (Phi) is 4.02. The quantitative estimate of drug-likeness (QED) is 0.838. The van der Waals surface area contributed by atoms with E-state index in [1.807, 2.05) is 24.3 Å². The van der Waals surface area contributed by atoms with Crippen LogP contribution in [0.4, 0.5) is 0 Å². The van der Waals surface area contributed by atoms with Gasteiger partial charge in [0, 0.05) is 19.1 Å². The van der Waals surface area contributed by atoms with Crippen LogP contribution in [-0.2, 0) is 30.8 Å². The maximum absolute atomic E-state index is 5.83. The van der Waals surface area contributed by atoms with Crippen LogP contribution in [0.5, 0.6) is 5.75 Å². The molecule has 1 heterocycles. The molecule has 0 amide bonds. The van der Waals surface area contributed by atoms with Gasteiger partial charge >= 0.3 is 0 Å². The molecule has 0 radical (unpaired) electrons. The molecule has 4 heteroatoms. The minimum Gasteiger partial charge on any atom is -0.487 e. The highest BCUT2D eigenvalue weighted by molar-refractivity contribution is 5.29. The standard InChI is InChI=1S/C16H19NO3/c1-18-10-12-5-4-6-13(9-12)19-11-15-14-7-2-3-8-16(14)20-17-15/h4-6,9H,2-3,7-8,10-11H2,1H3. The zero-order chi connectivity index (χ0) is 13.8. The molecule has 1 aliphatic carbocycles. The highest BCUT2D eigenvalue weighted by atomic mass is 16.5. The average molecular weight is 273 g/mol. The summed E-state index contributed by atoms with van der Waals surface area (Å²) in [6.45, 7) is 1.06. The monoisotopic (exact) mass is 273 g/mol. The normalized spacial score (nSPS) is 14.1. The number of rotatable bonds is 5. The Morgan fingerprint density at radius 1 is 1.20 bits per heavy atom. The van der Waals surface area contributed by atoms with Gasteiger partial charge in [0.1, 0.15) is 23.8 Å². The number of methoxy groups -OCH3 is 1. The molecule has 4 nitrogen and oxygen atoms in total. The summed E-state index contributed by atoms with van der Waals surface area (Å²) in [6.07, 6.45) is 4.47. The molecular weight excluding hydrogens is 254 g/mol. The second kappa shape index (κ2) is 6.09. The lowest BCUT2D eigenvalue weighted by atomic mass is 9.97. The third kappa shape index (κ3) is 2.85. The summed E-state index contributed by atoms with van der Waals surface area (Å²) < 4.78 is 16.3. The van der Waals surface area contributed by atoms with E-state index in [9.17, 15) is 0 Å². The van der Waals surface area contributed by atoms with Gasteiger partial charge in [-0.25, -0.2) is 0 Å². The zero-order valence-electron chi connectivity index (χ0n) is 11.7. The van der Waals surface area contributed by atoms with E-state index in [2.05, 4.69) is 5.16 Å². The molecule has 1 aromatic carbocycles. The number of aryl methyl sites for hydroxylation is 1. The van der Waals surface area contributed by atoms with Gasteiger partial charge in [0.25, 0.3) is 0 Å². The van der Waals surface area contributed by atoms with Crippen molar-refractivity contribution in [3.8, 4) is 5.75 Å². The van der Waals surface area contributed by atoms with Crippen LogP contribution in [0.1, 0.15) is 35.4 Å². The van der Waals surface area contributed by atoms with Gasteiger partial charge in [0.15, 0.2) is 0 Å². The van der Waals surface area contributed by atoms with Crippen LogP contribution in [0.3, 0.4) is 0 Å². The van der Waals surface area contributed by atoms with Gasteiger partial charge in [-0.05, 0) is 37.0 Å². The lowest BCUT2D eigenvalue weighted by molar-refractivity contribution is 0.184. The van der Waals surface area contributed by atoms with E-state index in [4.69, 9.17) is 14.0 Å². The summed E-state index contributed by atoms with van der Waals surface area (Å²) in [5.74, 6) is 1.88. The molecule has 0 saturated carbocycles. The molecule has 1 aliphatic rings. The van der Waals surface area contributed by atoms with Crippen molar-refractivity contribution in [3.63, 3.8) is 0 Å². The lowest BCUT2D eigenvalue weighted by Gasteiger charge is -2.10. The van der Waals surface area contributed by atoms with Crippen molar-refractivity contribution < 1.29 is 14.0 Å². The maximum Gasteiger partial charge on any atom is 0.140 e. The molecule has 20 heavy (non-hydrogen) atoms. The number of benzene rings is 1. The van der Waals surface area contributed by atoms with Gasteiger partial charge in [0.2, 0.25) is 0 Å². The molecule has 0 spiro atoms. The number of hydrogen-bond acceptors (Lipinski definition) is 4. The van der Waals surface area contributed by atoms with E-state index >= 15 is 0 Å². The van der Waals surface area contributed by atoms with Crippen LogP contribution < -0.4 is 4.74 Å². The van der Waals surface area contributed by atoms with Gasteiger partial charge in [-0.3, -0.25) is 0 Å². The smallest absolute Gasteiger partial charge is 0.140 e. The van der Waals surface area contributed by atoms with E-state index < -0.39 is 0 Å². The fraction of sp³-hybridized carbons (Fsp3) is 0.438. The van der Waals surface area contributed by atoms with Crippen LogP contribution in [0.25, 0.3) is 0 Å². The number of aromatic nitrogens is 1. The molecular formula is C16H19NO3. The van der Waals surface area contributed by atoms with Crippen molar-refractivity contribution in [1.82, 2.24) is 5.16 Å². The van der Waals surface area contributed by atoms with E-state index in [0.29, 0.717) is 13.2 Å². The number of fused-ring (bicyclic) bond motifs is 1. The Labute approximate surface area is 118 Å². The van der Waals surface area contributed by atoms with E-state index in [1.165, 1.54) is 18.4 Å². The third-order valence-electron chi connectivity index (χ3n) is 3.62. The van der Waals surface area contributed by atoms with Crippen molar-refractivity contribution in [1.29, 1.82) is 0 Å². The Bertz CT molecular complexity index is 577. The molecule has 0 atom stereocenters. The first-order chi connectivity index (χ1) is 9.86. The van der Waals surface area contributed by atoms with E-state index in [1.54, 1.807) is 7.11 Å². The second-order valence-electron chi connectivity index (χ2n) is 5.11. The minimum atomic E-state index is 0.468. The molecule has 2 aromatic rings. The van der Waals surface area contributed by atoms with Crippen LogP contribution in [0.15, 0.2) is 28.8 Å². The summed E-state index contributed by atoms with van der Waals surface area (Å²) in [5.41, 5.74) is 3.30. The van der Waals surface area contributed by atoms with Gasteiger partial charge in [-0.15, -0.1) is 0 Å². The van der Waals surface area contributed by atoms with Crippen LogP contribution >= 0.6 is 0 Å². The third-order valence-corrected chi connectivity index (χ3v) is 3.62. The summed E-state index contributed by atoms with van der Waals surface area (Å²) in [5, 5.41) is 4.15. The summed E-state index contributed by atoms with van der Waals surface area (Å²) in [4.78, 5) is 0. The Hall–Kier alpha value is -1.81. The molecule has 0 unspecified atom stereocenters. The average Bonchev–Trinajstić information content (AvgIpc) is 2.89. The molecule has 0 fully saturated rings. The van der Waals surface area contributed by atoms with Gasteiger partial charge in [-0.2, -0.15) is 0 Å². The van der Waals surface area contributed by atoms with Gasteiger partial charge in [-0.1, -0.05) is 17.3 Å². The molecule has 1 aromatic heterocycles. The van der Waals surface area contributed by atoms with Crippen LogP contribution in [-0.4, -0.2) is 12.3 Å². The SMILES string of the molecule is COCc1cccc(OCc2noc3c2CCCC3)c1. The van der Waals surface area contributed by atoms with Gasteiger partial charge in [0.05, 0.1) is 6.61 Å². The van der Waals surface area contributed by atoms with Gasteiger partial charge < -0.3 is 14.0 Å². The first-order valence-corrected chi connectivity index (χ1v) is 7.04. The fourth-order valence-corrected chi connectivity index (χ4v) is 2.61. The molecule has 0 saturated heterocycles. The first-order valence-electron chi connectivity index (χ1n) is 7.04. The lowest BCUT2D eigenvalue weighted by Crippen LogP contribution is -2.04. The largest absolute Gasteiger partial charge is 0.487 e. The minimum absolute atomic E-state index is 0.468. The van der Waals surface area contributed by atoms with Crippen molar-refractivity contribution in [2.75, 3.05) is 7.11 Å². The fourth-order valence-electron chi connectivity index (χ4n) is 2.61. The zero-order valence-corrected chi connectivity index (χ0v) is 11.7. The highest BCUT2D eigenvalue weighted by Crippen LogP contribution is 2.25. The second-order valence-corrected chi connectivity index (χ2v) is 5.11. The van der Waals surface area contributed by atoms with Crippen molar-refractivity contribution >= 4 is 0 Å². The Balaban J connectivity index is 1.67. The number of nitrogens with zero attached hydrogens (tertiary/aromatic N) is 1. The summed E-state index contributed by atoms with van der Waals surface area (Å²) in [7, 11) is 1.69. The van der Waals surface area contributed by atoms with Crippen LogP contribution in [0.2, 0.25) is 0 Å². The molecule has 106 valence electrons. The number of hydrogen-bond donors (Lipinski definition) is 0. The highest BCUT2D eigenvalue weighted by Gasteiger charge is 2.19. The molecule has 3 rings (SSSR count). The molecule has 0 bridgehead atoms. The number of ether oxygens (including phenoxy) is 2. The van der Waals surface area contributed by atoms with E-state index in [0.717, 1.165) is 35.6 Å². The topological polar surface area (TPSA) is 44.5 Å². The predicted molar refractivity (Wildman–Crippen MR) is 74.6 cm³/mol. The summed E-state index contributed by atoms with van der Waals surface area (Å²) >= 11 is 0. The first kappa shape index (κ1) is 13.2.